The third-order valence-electron chi connectivity index (χ3n) is 7.06. The van der Waals surface area contributed by atoms with Gasteiger partial charge in [0.2, 0.25) is 12.4 Å². The maximum atomic E-state index is 13.3. The van der Waals surface area contributed by atoms with Crippen molar-refractivity contribution in [3.63, 3.8) is 0 Å². The van der Waals surface area contributed by atoms with Crippen LogP contribution in [0.4, 0.5) is 0 Å². The van der Waals surface area contributed by atoms with Gasteiger partial charge in [0, 0.05) is 25.8 Å². The van der Waals surface area contributed by atoms with Gasteiger partial charge in [-0.15, -0.1) is 0 Å². The molecule has 2 heterocycles. The molecule has 2 aliphatic heterocycles. The van der Waals surface area contributed by atoms with Crippen molar-refractivity contribution in [2.75, 3.05) is 6.61 Å². The summed E-state index contributed by atoms with van der Waals surface area (Å²) < 4.78 is 35.6. The Bertz CT molecular complexity index is 1440. The molecule has 43 heavy (non-hydrogen) atoms. The molecule has 0 amide bonds. The molecule has 11 nitrogen and oxygen atoms in total. The second kappa shape index (κ2) is 13.2. The molecule has 0 aromatic heterocycles. The van der Waals surface area contributed by atoms with Gasteiger partial charge in [-0.2, -0.15) is 0 Å². The number of phenols is 2. The quantitative estimate of drug-likeness (QED) is 0.275. The number of ether oxygens (including phenoxy) is 6. The van der Waals surface area contributed by atoms with Gasteiger partial charge in [0.25, 0.3) is 0 Å². The van der Waals surface area contributed by atoms with Crippen LogP contribution in [-0.4, -0.2) is 65.2 Å². The summed E-state index contributed by atoms with van der Waals surface area (Å²) in [5.41, 5.74) is 1.47. The number of carbonyl (C=O) groups excluding carboxylic acids is 3. The third-order valence-corrected chi connectivity index (χ3v) is 7.06. The summed E-state index contributed by atoms with van der Waals surface area (Å²) in [5.74, 6) is -1.96. The molecule has 2 fully saturated rings. The molecule has 2 saturated heterocycles. The Morgan fingerprint density at radius 2 is 1.53 bits per heavy atom. The molecule has 1 unspecified atom stereocenters. The second-order valence-electron chi connectivity index (χ2n) is 10.2. The summed E-state index contributed by atoms with van der Waals surface area (Å²) in [6, 6.07) is 20.0. The minimum Gasteiger partial charge on any atom is -0.508 e. The number of Topliss-reactive ketones (excluding diaryl/α,β-unsaturated/α-hetero) is 1. The fraction of sp³-hybridized carbons (Fsp3) is 0.344. The largest absolute Gasteiger partial charge is 0.508 e. The van der Waals surface area contributed by atoms with Gasteiger partial charge in [-0.3, -0.25) is 14.4 Å². The average molecular weight is 593 g/mol. The van der Waals surface area contributed by atoms with Crippen molar-refractivity contribution in [2.45, 2.75) is 63.7 Å². The molecule has 0 aliphatic carbocycles. The van der Waals surface area contributed by atoms with E-state index in [0.717, 1.165) is 11.1 Å². The van der Waals surface area contributed by atoms with E-state index in [9.17, 15) is 24.6 Å². The van der Waals surface area contributed by atoms with Crippen molar-refractivity contribution in [3.05, 3.63) is 89.5 Å². The van der Waals surface area contributed by atoms with E-state index in [2.05, 4.69) is 0 Å². The average Bonchev–Trinajstić information content (AvgIpc) is 2.98. The molecule has 6 atom stereocenters. The lowest BCUT2D eigenvalue weighted by molar-refractivity contribution is -0.351. The number of aryl methyl sites for hydroxylation is 1. The first-order valence-corrected chi connectivity index (χ1v) is 13.8. The molecule has 226 valence electrons. The van der Waals surface area contributed by atoms with Crippen molar-refractivity contribution < 1.29 is 53.0 Å². The van der Waals surface area contributed by atoms with Gasteiger partial charge in [0.05, 0.1) is 6.61 Å². The van der Waals surface area contributed by atoms with Crippen LogP contribution in [0.1, 0.15) is 48.0 Å². The van der Waals surface area contributed by atoms with Gasteiger partial charge < -0.3 is 38.6 Å². The van der Waals surface area contributed by atoms with Gasteiger partial charge in [-0.05, 0) is 36.2 Å². The monoisotopic (exact) mass is 592 g/mol. The topological polar surface area (TPSA) is 147 Å². The lowest BCUT2D eigenvalue weighted by Crippen LogP contribution is -2.65. The second-order valence-corrected chi connectivity index (χ2v) is 10.2. The predicted octanol–water partition coefficient (Wildman–Crippen LogP) is 3.99. The first-order valence-electron chi connectivity index (χ1n) is 13.8. The number of hydrogen-bond acceptors (Lipinski definition) is 11. The van der Waals surface area contributed by atoms with Crippen molar-refractivity contribution in [2.24, 2.45) is 0 Å². The number of hydrogen-bond donors (Lipinski definition) is 2. The van der Waals surface area contributed by atoms with Crippen LogP contribution in [0.3, 0.4) is 0 Å². The van der Waals surface area contributed by atoms with Crippen LogP contribution in [-0.2, 0) is 39.7 Å². The number of aromatic hydroxyl groups is 2. The molecule has 0 spiro atoms. The van der Waals surface area contributed by atoms with E-state index in [1.54, 1.807) is 12.1 Å². The molecule has 2 N–H and O–H groups in total. The van der Waals surface area contributed by atoms with Gasteiger partial charge in [0.1, 0.15) is 35.0 Å². The van der Waals surface area contributed by atoms with Crippen molar-refractivity contribution in [1.29, 1.82) is 0 Å². The maximum absolute atomic E-state index is 13.3. The lowest BCUT2D eigenvalue weighted by atomic mass is 9.97. The van der Waals surface area contributed by atoms with Gasteiger partial charge in [0.15, 0.2) is 18.2 Å². The molecular formula is C32H32O11. The van der Waals surface area contributed by atoms with Crippen LogP contribution < -0.4 is 4.74 Å². The Hall–Kier alpha value is -4.45. The predicted molar refractivity (Wildman–Crippen MR) is 149 cm³/mol. The maximum Gasteiger partial charge on any atom is 0.303 e. The van der Waals surface area contributed by atoms with E-state index in [1.165, 1.54) is 44.2 Å². The Morgan fingerprint density at radius 1 is 0.837 bits per heavy atom. The standard InChI is InChI=1S/C32H32O11/c1-18(33)39-29-28-26(17-38-31(43-28)21-7-4-3-5-8-21)42-32(30(29)40-19(2)34)41-25-10-6-9-23(36)27(25)24(37)16-13-20-11-14-22(35)15-12-20/h3-12,14-15,26,28-32,35-36H,13,16-17H2,1-2H3/t26-,28-,29+,30-,31?,32-/m1/s1. The van der Waals surface area contributed by atoms with E-state index in [0.29, 0.717) is 6.42 Å². The zero-order chi connectivity index (χ0) is 30.5. The molecule has 3 aromatic carbocycles. The molecular weight excluding hydrogens is 560 g/mol. The van der Waals surface area contributed by atoms with E-state index in [-0.39, 0.29) is 35.8 Å². The molecule has 3 aromatic rings. The van der Waals surface area contributed by atoms with Crippen LogP contribution in [0, 0.1) is 0 Å². The zero-order valence-corrected chi connectivity index (χ0v) is 23.6. The van der Waals surface area contributed by atoms with Gasteiger partial charge >= 0.3 is 11.9 Å². The van der Waals surface area contributed by atoms with Crippen LogP contribution in [0.25, 0.3) is 0 Å². The van der Waals surface area contributed by atoms with E-state index in [1.807, 2.05) is 30.3 Å². The highest BCUT2D eigenvalue weighted by molar-refractivity contribution is 6.01. The Balaban J connectivity index is 1.41. The van der Waals surface area contributed by atoms with E-state index < -0.39 is 54.7 Å². The highest BCUT2D eigenvalue weighted by Gasteiger charge is 2.54. The molecule has 5 rings (SSSR count). The summed E-state index contributed by atoms with van der Waals surface area (Å²) >= 11 is 0. The number of phenolic OH excluding ortho intramolecular Hbond substituents is 2. The number of fused-ring (bicyclic) bond motifs is 1. The summed E-state index contributed by atoms with van der Waals surface area (Å²) in [6.07, 6.45) is -5.90. The fourth-order valence-electron chi connectivity index (χ4n) is 5.13. The molecule has 0 saturated carbocycles. The number of rotatable bonds is 9. The minimum atomic E-state index is -1.36. The summed E-state index contributed by atoms with van der Waals surface area (Å²) in [4.78, 5) is 37.7. The Labute approximate surface area is 247 Å². The van der Waals surface area contributed by atoms with Crippen LogP contribution >= 0.6 is 0 Å². The molecule has 11 heteroatoms. The zero-order valence-electron chi connectivity index (χ0n) is 23.6. The first kappa shape index (κ1) is 30.0. The smallest absolute Gasteiger partial charge is 0.303 e. The van der Waals surface area contributed by atoms with Crippen LogP contribution in [0.15, 0.2) is 72.8 Å². The number of carbonyl (C=O) groups is 3. The van der Waals surface area contributed by atoms with E-state index >= 15 is 0 Å². The minimum absolute atomic E-state index is 0.0160. The molecule has 0 radical (unpaired) electrons. The molecule has 0 bridgehead atoms. The highest BCUT2D eigenvalue weighted by atomic mass is 16.8. The lowest BCUT2D eigenvalue weighted by Gasteiger charge is -2.47. The normalized spacial score (nSPS) is 24.8. The third kappa shape index (κ3) is 7.14. The van der Waals surface area contributed by atoms with Gasteiger partial charge in [-0.25, -0.2) is 0 Å². The van der Waals surface area contributed by atoms with Gasteiger partial charge in [-0.1, -0.05) is 48.5 Å². The Kier molecular flexibility index (Phi) is 9.24. The Morgan fingerprint density at radius 3 is 2.23 bits per heavy atom. The van der Waals surface area contributed by atoms with Crippen molar-refractivity contribution in [1.82, 2.24) is 0 Å². The SMILES string of the molecule is CC(=O)O[C@@H]1[C@@H](OC(C)=O)[C@H](Oc2cccc(O)c2C(=O)CCc2ccc(O)cc2)O[C@@H]2COC(c3ccccc3)O[C@@H]12. The number of benzene rings is 3. The van der Waals surface area contributed by atoms with Crippen molar-refractivity contribution >= 4 is 17.7 Å². The van der Waals surface area contributed by atoms with Crippen molar-refractivity contribution in [3.8, 4) is 17.2 Å². The summed E-state index contributed by atoms with van der Waals surface area (Å²) in [5, 5.41) is 20.2. The molecule has 2 aliphatic rings. The summed E-state index contributed by atoms with van der Waals surface area (Å²) in [7, 11) is 0. The fourth-order valence-corrected chi connectivity index (χ4v) is 5.13. The first-order chi connectivity index (χ1) is 20.7. The van der Waals surface area contributed by atoms with Crippen LogP contribution in [0.2, 0.25) is 0 Å². The van der Waals surface area contributed by atoms with Crippen LogP contribution in [0.5, 0.6) is 17.2 Å². The van der Waals surface area contributed by atoms with E-state index in [4.69, 9.17) is 28.4 Å². The highest BCUT2D eigenvalue weighted by Crippen LogP contribution is 2.38. The number of esters is 2. The summed E-state index contributed by atoms with van der Waals surface area (Å²) in [6.45, 7) is 2.45. The number of ketones is 1.